The molecule has 2 rings (SSSR count). The molecule has 0 fully saturated rings. The van der Waals surface area contributed by atoms with Crippen molar-refractivity contribution in [3.63, 3.8) is 0 Å². The van der Waals surface area contributed by atoms with Gasteiger partial charge in [-0.25, -0.2) is 8.78 Å². The van der Waals surface area contributed by atoms with E-state index in [-0.39, 0.29) is 18.6 Å². The number of hydrogen-bond acceptors (Lipinski definition) is 2. The fourth-order valence-electron chi connectivity index (χ4n) is 2.00. The number of halogens is 2. The third-order valence-electron chi connectivity index (χ3n) is 2.97. The predicted octanol–water partition coefficient (Wildman–Crippen LogP) is 3.33. The molecule has 0 bridgehead atoms. The minimum atomic E-state index is -0.937. The number of carbonyl (C=O) groups excluding carboxylic acids is 1. The Morgan fingerprint density at radius 2 is 1.80 bits per heavy atom. The van der Waals surface area contributed by atoms with Crippen LogP contribution >= 0.6 is 0 Å². The van der Waals surface area contributed by atoms with Crippen LogP contribution in [0.2, 0.25) is 0 Å². The summed E-state index contributed by atoms with van der Waals surface area (Å²) in [5.74, 6) is -1.29. The summed E-state index contributed by atoms with van der Waals surface area (Å²) in [5, 5.41) is 0. The zero-order chi connectivity index (χ0) is 14.5. The Labute approximate surface area is 116 Å². The zero-order valence-electron chi connectivity index (χ0n) is 11.0. The van der Waals surface area contributed by atoms with Crippen molar-refractivity contribution in [2.45, 2.75) is 12.8 Å². The molecular formula is C16H14F2O2. The second-order valence-electron chi connectivity index (χ2n) is 4.45. The first-order chi connectivity index (χ1) is 9.60. The summed E-state index contributed by atoms with van der Waals surface area (Å²) in [5.41, 5.74) is 1.24. The van der Waals surface area contributed by atoms with E-state index in [0.29, 0.717) is 11.3 Å². The van der Waals surface area contributed by atoms with Gasteiger partial charge in [0.2, 0.25) is 0 Å². The smallest absolute Gasteiger partial charge is 0.159 e. The van der Waals surface area contributed by atoms with E-state index in [0.717, 1.165) is 17.7 Å². The Balaban J connectivity index is 2.07. The van der Waals surface area contributed by atoms with Crippen LogP contribution in [0, 0.1) is 11.6 Å². The van der Waals surface area contributed by atoms with Crippen LogP contribution in [-0.4, -0.2) is 12.9 Å². The molecule has 0 atom stereocenters. The molecule has 104 valence electrons. The number of rotatable bonds is 5. The summed E-state index contributed by atoms with van der Waals surface area (Å²) < 4.78 is 31.0. The van der Waals surface area contributed by atoms with Gasteiger partial charge in [-0.1, -0.05) is 24.3 Å². The molecule has 0 aliphatic rings. The quantitative estimate of drug-likeness (QED) is 0.837. The minimum absolute atomic E-state index is 0.0647. The molecule has 0 heterocycles. The van der Waals surface area contributed by atoms with Gasteiger partial charge in [0, 0.05) is 18.4 Å². The normalized spacial score (nSPS) is 10.3. The third-order valence-corrected chi connectivity index (χ3v) is 2.97. The van der Waals surface area contributed by atoms with Gasteiger partial charge in [0.25, 0.3) is 0 Å². The minimum Gasteiger partial charge on any atom is -0.496 e. The fraction of sp³-hybridized carbons (Fsp3) is 0.188. The molecule has 0 spiro atoms. The molecular weight excluding hydrogens is 262 g/mol. The van der Waals surface area contributed by atoms with Gasteiger partial charge in [-0.15, -0.1) is 0 Å². The van der Waals surface area contributed by atoms with Crippen LogP contribution in [0.3, 0.4) is 0 Å². The Hall–Kier alpha value is -2.23. The van der Waals surface area contributed by atoms with Crippen LogP contribution in [0.1, 0.15) is 11.1 Å². The van der Waals surface area contributed by atoms with Crippen LogP contribution in [-0.2, 0) is 17.6 Å². The molecule has 2 aromatic rings. The largest absolute Gasteiger partial charge is 0.496 e. The van der Waals surface area contributed by atoms with E-state index in [1.54, 1.807) is 13.2 Å². The lowest BCUT2D eigenvalue weighted by atomic mass is 10.0. The van der Waals surface area contributed by atoms with Crippen LogP contribution in [0.5, 0.6) is 5.75 Å². The number of hydrogen-bond donors (Lipinski definition) is 0. The summed E-state index contributed by atoms with van der Waals surface area (Å²) in [4.78, 5) is 12.0. The van der Waals surface area contributed by atoms with E-state index in [9.17, 15) is 13.6 Å². The Morgan fingerprint density at radius 3 is 2.50 bits per heavy atom. The van der Waals surface area contributed by atoms with E-state index in [1.165, 1.54) is 6.07 Å². The molecule has 0 saturated heterocycles. The molecule has 0 radical (unpaired) electrons. The first kappa shape index (κ1) is 14.2. The number of para-hydroxylation sites is 1. The fourth-order valence-corrected chi connectivity index (χ4v) is 2.00. The second-order valence-corrected chi connectivity index (χ2v) is 4.45. The van der Waals surface area contributed by atoms with E-state index < -0.39 is 11.6 Å². The lowest BCUT2D eigenvalue weighted by Gasteiger charge is -2.07. The van der Waals surface area contributed by atoms with Crippen LogP contribution in [0.25, 0.3) is 0 Å². The van der Waals surface area contributed by atoms with E-state index in [4.69, 9.17) is 4.74 Å². The van der Waals surface area contributed by atoms with Gasteiger partial charge in [0.1, 0.15) is 11.5 Å². The Kier molecular flexibility index (Phi) is 4.45. The first-order valence-corrected chi connectivity index (χ1v) is 6.17. The molecule has 0 aliphatic heterocycles. The molecule has 0 aromatic heterocycles. The maximum Gasteiger partial charge on any atom is 0.159 e. The number of carbonyl (C=O) groups is 1. The zero-order valence-corrected chi connectivity index (χ0v) is 11.0. The van der Waals surface area contributed by atoms with Crippen molar-refractivity contribution in [1.82, 2.24) is 0 Å². The summed E-state index contributed by atoms with van der Waals surface area (Å²) in [6.45, 7) is 0. The topological polar surface area (TPSA) is 26.3 Å². The van der Waals surface area contributed by atoms with Gasteiger partial charge in [-0.2, -0.15) is 0 Å². The lowest BCUT2D eigenvalue weighted by Crippen LogP contribution is -2.08. The molecule has 0 saturated carbocycles. The molecule has 0 aliphatic carbocycles. The van der Waals surface area contributed by atoms with Gasteiger partial charge in [-0.05, 0) is 23.8 Å². The first-order valence-electron chi connectivity index (χ1n) is 6.17. The van der Waals surface area contributed by atoms with Gasteiger partial charge < -0.3 is 4.74 Å². The average Bonchev–Trinajstić information content (AvgIpc) is 2.43. The van der Waals surface area contributed by atoms with Crippen molar-refractivity contribution < 1.29 is 18.3 Å². The SMILES string of the molecule is COc1ccccc1CC(=O)Cc1ccc(F)c(F)c1. The van der Waals surface area contributed by atoms with Gasteiger partial charge in [0.15, 0.2) is 11.6 Å². The number of ether oxygens (including phenoxy) is 1. The highest BCUT2D eigenvalue weighted by molar-refractivity contribution is 5.83. The molecule has 0 N–H and O–H groups in total. The highest BCUT2D eigenvalue weighted by Gasteiger charge is 2.10. The third kappa shape index (κ3) is 3.41. The van der Waals surface area contributed by atoms with E-state index >= 15 is 0 Å². The predicted molar refractivity (Wildman–Crippen MR) is 71.8 cm³/mol. The average molecular weight is 276 g/mol. The van der Waals surface area contributed by atoms with Crippen molar-refractivity contribution in [2.75, 3.05) is 7.11 Å². The molecule has 0 unspecified atom stereocenters. The number of methoxy groups -OCH3 is 1. The highest BCUT2D eigenvalue weighted by Crippen LogP contribution is 2.19. The maximum absolute atomic E-state index is 13.1. The standard InChI is InChI=1S/C16H14F2O2/c1-20-16-5-3-2-4-12(16)10-13(19)8-11-6-7-14(17)15(18)9-11/h2-7,9H,8,10H2,1H3. The van der Waals surface area contributed by atoms with Crippen molar-refractivity contribution >= 4 is 5.78 Å². The van der Waals surface area contributed by atoms with Crippen LogP contribution in [0.4, 0.5) is 8.78 Å². The molecule has 20 heavy (non-hydrogen) atoms. The van der Waals surface area contributed by atoms with Gasteiger partial charge in [-0.3, -0.25) is 4.79 Å². The summed E-state index contributed by atoms with van der Waals surface area (Å²) >= 11 is 0. The number of benzene rings is 2. The Bertz CT molecular complexity index is 624. The lowest BCUT2D eigenvalue weighted by molar-refractivity contribution is -0.117. The van der Waals surface area contributed by atoms with Crippen LogP contribution < -0.4 is 4.74 Å². The monoisotopic (exact) mass is 276 g/mol. The number of ketones is 1. The molecule has 4 heteroatoms. The van der Waals surface area contributed by atoms with Crippen molar-refractivity contribution in [1.29, 1.82) is 0 Å². The van der Waals surface area contributed by atoms with Gasteiger partial charge >= 0.3 is 0 Å². The second kappa shape index (κ2) is 6.28. The van der Waals surface area contributed by atoms with Crippen molar-refractivity contribution in [3.8, 4) is 5.75 Å². The number of Topliss-reactive ketones (excluding diaryl/α,β-unsaturated/α-hetero) is 1. The maximum atomic E-state index is 13.1. The van der Waals surface area contributed by atoms with Gasteiger partial charge in [0.05, 0.1) is 7.11 Å². The Morgan fingerprint density at radius 1 is 1.05 bits per heavy atom. The molecule has 0 amide bonds. The summed E-state index contributed by atoms with van der Waals surface area (Å²) in [6, 6.07) is 10.7. The van der Waals surface area contributed by atoms with Crippen LogP contribution in [0.15, 0.2) is 42.5 Å². The highest BCUT2D eigenvalue weighted by atomic mass is 19.2. The van der Waals surface area contributed by atoms with Crippen molar-refractivity contribution in [3.05, 3.63) is 65.2 Å². The van der Waals surface area contributed by atoms with E-state index in [1.807, 2.05) is 18.2 Å². The van der Waals surface area contributed by atoms with Crippen molar-refractivity contribution in [2.24, 2.45) is 0 Å². The summed E-state index contributed by atoms with van der Waals surface area (Å²) in [7, 11) is 1.54. The summed E-state index contributed by atoms with van der Waals surface area (Å²) in [6.07, 6.45) is 0.262. The molecule has 2 aromatic carbocycles. The molecule has 2 nitrogen and oxygen atoms in total. The van der Waals surface area contributed by atoms with E-state index in [2.05, 4.69) is 0 Å².